The Balaban J connectivity index is 2.27. The van der Waals surface area contributed by atoms with Gasteiger partial charge in [-0.15, -0.1) is 0 Å². The number of carbonyl (C=O) groups excluding carboxylic acids is 1. The molecular formula is C14H12ClFN2O3S. The maximum atomic E-state index is 13.1. The van der Waals surface area contributed by atoms with E-state index in [9.17, 15) is 17.6 Å². The topological polar surface area (TPSA) is 75.3 Å². The Morgan fingerprint density at radius 3 is 2.50 bits per heavy atom. The molecule has 0 spiro atoms. The molecule has 0 aromatic heterocycles. The third-order valence-electron chi connectivity index (χ3n) is 2.64. The van der Waals surface area contributed by atoms with E-state index in [1.165, 1.54) is 37.3 Å². The summed E-state index contributed by atoms with van der Waals surface area (Å²) in [4.78, 5) is 10.8. The molecule has 0 unspecified atom stereocenters. The first-order valence-electron chi connectivity index (χ1n) is 6.13. The molecule has 0 radical (unpaired) electrons. The van der Waals surface area contributed by atoms with E-state index >= 15 is 0 Å². The van der Waals surface area contributed by atoms with Crippen LogP contribution in [0.25, 0.3) is 0 Å². The highest BCUT2D eigenvalue weighted by Gasteiger charge is 2.15. The van der Waals surface area contributed by atoms with Crippen molar-refractivity contribution in [1.29, 1.82) is 0 Å². The van der Waals surface area contributed by atoms with Crippen molar-refractivity contribution in [3.63, 3.8) is 0 Å². The SMILES string of the molecule is CC(=O)Nc1ccc(NS(=O)(=O)c2cccc(F)c2)cc1Cl. The van der Waals surface area contributed by atoms with Crippen LogP contribution in [0.5, 0.6) is 0 Å². The van der Waals surface area contributed by atoms with Gasteiger partial charge in [-0.05, 0) is 36.4 Å². The summed E-state index contributed by atoms with van der Waals surface area (Å²) in [6.45, 7) is 1.33. The standard InChI is InChI=1S/C14H12ClFN2O3S/c1-9(19)17-14-6-5-11(8-13(14)15)18-22(20,21)12-4-2-3-10(16)7-12/h2-8,18H,1H3,(H,17,19). The Morgan fingerprint density at radius 1 is 1.18 bits per heavy atom. The molecule has 0 aliphatic carbocycles. The van der Waals surface area contributed by atoms with Crippen LogP contribution in [0.1, 0.15) is 6.92 Å². The normalized spacial score (nSPS) is 11.0. The number of nitrogens with one attached hydrogen (secondary N) is 2. The van der Waals surface area contributed by atoms with Crippen molar-refractivity contribution in [3.8, 4) is 0 Å². The molecule has 2 N–H and O–H groups in total. The molecule has 5 nitrogen and oxygen atoms in total. The van der Waals surface area contributed by atoms with Crippen LogP contribution in [0.15, 0.2) is 47.4 Å². The van der Waals surface area contributed by atoms with Gasteiger partial charge in [0.2, 0.25) is 5.91 Å². The highest BCUT2D eigenvalue weighted by Crippen LogP contribution is 2.27. The van der Waals surface area contributed by atoms with Crippen molar-refractivity contribution < 1.29 is 17.6 Å². The van der Waals surface area contributed by atoms with Crippen molar-refractivity contribution in [2.75, 3.05) is 10.0 Å². The summed E-state index contributed by atoms with van der Waals surface area (Å²) < 4.78 is 39.7. The Kier molecular flexibility index (Phi) is 4.68. The van der Waals surface area contributed by atoms with Gasteiger partial charge in [-0.3, -0.25) is 9.52 Å². The predicted octanol–water partition coefficient (Wildman–Crippen LogP) is 3.24. The molecule has 116 valence electrons. The first kappa shape index (κ1) is 16.3. The van der Waals surface area contributed by atoms with Gasteiger partial charge in [-0.2, -0.15) is 0 Å². The van der Waals surface area contributed by atoms with E-state index in [0.717, 1.165) is 12.1 Å². The van der Waals surface area contributed by atoms with Crippen LogP contribution in [-0.2, 0) is 14.8 Å². The second-order valence-electron chi connectivity index (χ2n) is 4.44. The Hall–Kier alpha value is -2.12. The van der Waals surface area contributed by atoms with Crippen molar-refractivity contribution in [3.05, 3.63) is 53.3 Å². The van der Waals surface area contributed by atoms with E-state index < -0.39 is 15.8 Å². The molecular weight excluding hydrogens is 331 g/mol. The van der Waals surface area contributed by atoms with Gasteiger partial charge >= 0.3 is 0 Å². The lowest BCUT2D eigenvalue weighted by atomic mass is 10.3. The highest BCUT2D eigenvalue weighted by atomic mass is 35.5. The predicted molar refractivity (Wildman–Crippen MR) is 83.0 cm³/mol. The lowest BCUT2D eigenvalue weighted by molar-refractivity contribution is -0.114. The number of hydrogen-bond acceptors (Lipinski definition) is 3. The molecule has 0 atom stereocenters. The minimum atomic E-state index is -3.92. The number of benzene rings is 2. The summed E-state index contributed by atoms with van der Waals surface area (Å²) in [5.41, 5.74) is 0.561. The number of halogens is 2. The molecule has 22 heavy (non-hydrogen) atoms. The largest absolute Gasteiger partial charge is 0.325 e. The van der Waals surface area contributed by atoms with E-state index in [1.807, 2.05) is 0 Å². The van der Waals surface area contributed by atoms with Gasteiger partial charge in [0.1, 0.15) is 5.82 Å². The Morgan fingerprint density at radius 2 is 1.91 bits per heavy atom. The van der Waals surface area contributed by atoms with Crippen molar-refractivity contribution in [2.45, 2.75) is 11.8 Å². The van der Waals surface area contributed by atoms with Crippen LogP contribution in [0.2, 0.25) is 5.02 Å². The lowest BCUT2D eigenvalue weighted by Crippen LogP contribution is -2.13. The summed E-state index contributed by atoms with van der Waals surface area (Å²) in [6, 6.07) is 8.90. The maximum Gasteiger partial charge on any atom is 0.261 e. The third-order valence-corrected chi connectivity index (χ3v) is 4.33. The molecule has 8 heteroatoms. The van der Waals surface area contributed by atoms with Crippen molar-refractivity contribution >= 4 is 38.9 Å². The van der Waals surface area contributed by atoms with E-state index in [1.54, 1.807) is 0 Å². The smallest absolute Gasteiger partial charge is 0.261 e. The average Bonchev–Trinajstić information content (AvgIpc) is 2.41. The molecule has 2 rings (SSSR count). The van der Waals surface area contributed by atoms with Gasteiger partial charge in [0.15, 0.2) is 0 Å². The zero-order valence-electron chi connectivity index (χ0n) is 11.4. The Bertz CT molecular complexity index is 825. The van der Waals surface area contributed by atoms with Gasteiger partial charge in [0.25, 0.3) is 10.0 Å². The first-order valence-corrected chi connectivity index (χ1v) is 7.99. The molecule has 0 fully saturated rings. The summed E-state index contributed by atoms with van der Waals surface area (Å²) in [7, 11) is -3.92. The van der Waals surface area contributed by atoms with E-state index in [2.05, 4.69) is 10.0 Å². The molecule has 2 aromatic carbocycles. The van der Waals surface area contributed by atoms with E-state index in [0.29, 0.717) is 5.69 Å². The fourth-order valence-electron chi connectivity index (χ4n) is 1.72. The summed E-state index contributed by atoms with van der Waals surface area (Å²) in [5.74, 6) is -0.947. The second kappa shape index (κ2) is 6.33. The zero-order valence-corrected chi connectivity index (χ0v) is 13.0. The summed E-state index contributed by atoms with van der Waals surface area (Å²) in [5, 5.41) is 2.68. The second-order valence-corrected chi connectivity index (χ2v) is 6.53. The minimum Gasteiger partial charge on any atom is -0.325 e. The number of anilines is 2. The fraction of sp³-hybridized carbons (Fsp3) is 0.0714. The van der Waals surface area contributed by atoms with Gasteiger partial charge in [-0.25, -0.2) is 12.8 Å². The van der Waals surface area contributed by atoms with Gasteiger partial charge in [0, 0.05) is 6.92 Å². The minimum absolute atomic E-state index is 0.176. The van der Waals surface area contributed by atoms with Crippen LogP contribution in [0, 0.1) is 5.82 Å². The molecule has 0 aliphatic rings. The van der Waals surface area contributed by atoms with Gasteiger partial charge < -0.3 is 5.32 Å². The quantitative estimate of drug-likeness (QED) is 0.895. The molecule has 0 saturated carbocycles. The Labute approximate surface area is 132 Å². The number of amides is 1. The van der Waals surface area contributed by atoms with Crippen LogP contribution < -0.4 is 10.0 Å². The molecule has 0 saturated heterocycles. The third kappa shape index (κ3) is 3.96. The number of rotatable bonds is 4. The van der Waals surface area contributed by atoms with Gasteiger partial charge in [0.05, 0.1) is 21.3 Å². The first-order chi connectivity index (χ1) is 10.3. The lowest BCUT2D eigenvalue weighted by Gasteiger charge is -2.10. The fourth-order valence-corrected chi connectivity index (χ4v) is 3.03. The van der Waals surface area contributed by atoms with Gasteiger partial charge in [-0.1, -0.05) is 17.7 Å². The maximum absolute atomic E-state index is 13.1. The van der Waals surface area contributed by atoms with Crippen LogP contribution in [0.4, 0.5) is 15.8 Å². The molecule has 2 aromatic rings. The number of hydrogen-bond donors (Lipinski definition) is 2. The molecule has 0 aliphatic heterocycles. The van der Waals surface area contributed by atoms with Crippen LogP contribution in [0.3, 0.4) is 0 Å². The van der Waals surface area contributed by atoms with Crippen LogP contribution in [-0.4, -0.2) is 14.3 Å². The molecule has 1 amide bonds. The molecule has 0 bridgehead atoms. The summed E-state index contributed by atoms with van der Waals surface area (Å²) in [6.07, 6.45) is 0. The van der Waals surface area contributed by atoms with E-state index in [4.69, 9.17) is 11.6 Å². The highest BCUT2D eigenvalue weighted by molar-refractivity contribution is 7.92. The monoisotopic (exact) mass is 342 g/mol. The van der Waals surface area contributed by atoms with Crippen molar-refractivity contribution in [1.82, 2.24) is 0 Å². The zero-order chi connectivity index (χ0) is 16.3. The number of sulfonamides is 1. The molecule has 0 heterocycles. The van der Waals surface area contributed by atoms with Crippen LogP contribution >= 0.6 is 11.6 Å². The average molecular weight is 343 g/mol. The van der Waals surface area contributed by atoms with E-state index in [-0.39, 0.29) is 21.5 Å². The number of carbonyl (C=O) groups is 1. The van der Waals surface area contributed by atoms with Crippen molar-refractivity contribution in [2.24, 2.45) is 0 Å². The summed E-state index contributed by atoms with van der Waals surface area (Å²) >= 11 is 5.96.